The fourth-order valence-electron chi connectivity index (χ4n) is 3.83. The van der Waals surface area contributed by atoms with Gasteiger partial charge in [-0.1, -0.05) is 115 Å². The summed E-state index contributed by atoms with van der Waals surface area (Å²) in [5.41, 5.74) is 3.75. The van der Waals surface area contributed by atoms with E-state index in [-0.39, 0.29) is 11.8 Å². The second kappa shape index (κ2) is 9.43. The van der Waals surface area contributed by atoms with Gasteiger partial charge in [-0.15, -0.1) is 0 Å². The molecule has 0 fully saturated rings. The molecule has 0 radical (unpaired) electrons. The first-order valence-corrected chi connectivity index (χ1v) is 10.3. The van der Waals surface area contributed by atoms with Gasteiger partial charge in [-0.2, -0.15) is 0 Å². The number of carbonyl (C=O) groups is 1. The van der Waals surface area contributed by atoms with Gasteiger partial charge in [0, 0.05) is 5.92 Å². The van der Waals surface area contributed by atoms with Gasteiger partial charge in [-0.3, -0.25) is 4.79 Å². The Bertz CT molecular complexity index is 1060. The number of hydrogen-bond donors (Lipinski definition) is 1. The van der Waals surface area contributed by atoms with Crippen molar-refractivity contribution in [2.75, 3.05) is 5.32 Å². The van der Waals surface area contributed by atoms with Crippen LogP contribution in [0.4, 0.5) is 5.69 Å². The third-order valence-corrected chi connectivity index (χ3v) is 5.55. The first-order valence-electron chi connectivity index (χ1n) is 9.94. The summed E-state index contributed by atoms with van der Waals surface area (Å²) in [7, 11) is 0. The van der Waals surface area contributed by atoms with Gasteiger partial charge in [0.15, 0.2) is 0 Å². The number of amides is 1. The van der Waals surface area contributed by atoms with Gasteiger partial charge in [0.1, 0.15) is 0 Å². The van der Waals surface area contributed by atoms with E-state index in [4.69, 9.17) is 11.6 Å². The smallest absolute Gasteiger partial charge is 0.232 e. The SMILES string of the molecule is O=C(Nc1ccccc1Cl)[C@H](c1ccccc1)C(c1ccccc1)c1ccccc1. The van der Waals surface area contributed by atoms with E-state index in [1.807, 2.05) is 84.9 Å². The average Bonchev–Trinajstić information content (AvgIpc) is 2.80. The van der Waals surface area contributed by atoms with Crippen LogP contribution in [-0.4, -0.2) is 5.91 Å². The summed E-state index contributed by atoms with van der Waals surface area (Å²) in [6.07, 6.45) is 0. The van der Waals surface area contributed by atoms with Gasteiger partial charge in [0.05, 0.1) is 16.6 Å². The van der Waals surface area contributed by atoms with Crippen molar-refractivity contribution in [2.45, 2.75) is 11.8 Å². The highest BCUT2D eigenvalue weighted by Gasteiger charge is 2.32. The summed E-state index contributed by atoms with van der Waals surface area (Å²) in [5, 5.41) is 3.58. The zero-order chi connectivity index (χ0) is 20.8. The molecule has 0 heterocycles. The third kappa shape index (κ3) is 4.45. The molecule has 4 rings (SSSR count). The minimum Gasteiger partial charge on any atom is -0.324 e. The van der Waals surface area contributed by atoms with Gasteiger partial charge in [0.2, 0.25) is 5.91 Å². The molecule has 0 spiro atoms. The molecule has 1 atom stereocenters. The summed E-state index contributed by atoms with van der Waals surface area (Å²) in [6, 6.07) is 37.6. The fourth-order valence-corrected chi connectivity index (χ4v) is 4.01. The van der Waals surface area contributed by atoms with Crippen LogP contribution < -0.4 is 5.32 Å². The number of hydrogen-bond acceptors (Lipinski definition) is 1. The first-order chi connectivity index (χ1) is 14.7. The number of anilines is 1. The van der Waals surface area contributed by atoms with Gasteiger partial charge in [-0.05, 0) is 28.8 Å². The lowest BCUT2D eigenvalue weighted by atomic mass is 9.76. The minimum absolute atomic E-state index is 0.0907. The van der Waals surface area contributed by atoms with Crippen molar-refractivity contribution in [1.29, 1.82) is 0 Å². The van der Waals surface area contributed by atoms with E-state index in [9.17, 15) is 4.79 Å². The second-order valence-corrected chi connectivity index (χ2v) is 7.56. The summed E-state index contributed by atoms with van der Waals surface area (Å²) in [5.74, 6) is -0.656. The maximum atomic E-state index is 13.7. The van der Waals surface area contributed by atoms with E-state index in [1.165, 1.54) is 0 Å². The molecular formula is C27H22ClNO. The monoisotopic (exact) mass is 411 g/mol. The van der Waals surface area contributed by atoms with Crippen LogP contribution in [0.3, 0.4) is 0 Å². The van der Waals surface area contributed by atoms with E-state index in [2.05, 4.69) is 29.6 Å². The van der Waals surface area contributed by atoms with Gasteiger partial charge in [0.25, 0.3) is 0 Å². The van der Waals surface area contributed by atoms with Crippen LogP contribution >= 0.6 is 11.6 Å². The summed E-state index contributed by atoms with van der Waals surface area (Å²) < 4.78 is 0. The number of para-hydroxylation sites is 1. The molecule has 30 heavy (non-hydrogen) atoms. The molecule has 1 amide bonds. The number of rotatable bonds is 6. The Kier molecular flexibility index (Phi) is 6.26. The highest BCUT2D eigenvalue weighted by Crippen LogP contribution is 2.39. The Labute approximate surface area is 182 Å². The van der Waals surface area contributed by atoms with E-state index < -0.39 is 5.92 Å². The van der Waals surface area contributed by atoms with Crippen LogP contribution in [0.25, 0.3) is 0 Å². The van der Waals surface area contributed by atoms with Crippen LogP contribution in [0.2, 0.25) is 5.02 Å². The quantitative estimate of drug-likeness (QED) is 0.367. The van der Waals surface area contributed by atoms with Crippen molar-refractivity contribution in [3.05, 3.63) is 137 Å². The van der Waals surface area contributed by atoms with Crippen molar-refractivity contribution in [2.24, 2.45) is 0 Å². The lowest BCUT2D eigenvalue weighted by molar-refractivity contribution is -0.117. The summed E-state index contributed by atoms with van der Waals surface area (Å²) in [4.78, 5) is 13.7. The highest BCUT2D eigenvalue weighted by atomic mass is 35.5. The molecule has 0 aliphatic carbocycles. The molecule has 4 aromatic carbocycles. The topological polar surface area (TPSA) is 29.1 Å². The van der Waals surface area contributed by atoms with Gasteiger partial charge < -0.3 is 5.32 Å². The fraction of sp³-hybridized carbons (Fsp3) is 0.0741. The Hall–Kier alpha value is -3.36. The molecule has 1 N–H and O–H groups in total. The average molecular weight is 412 g/mol. The Morgan fingerprint density at radius 1 is 0.600 bits per heavy atom. The molecule has 3 heteroatoms. The standard InChI is InChI=1S/C27H22ClNO/c28-23-18-10-11-19-24(23)29-27(30)26(22-16-8-3-9-17-22)25(20-12-4-1-5-13-20)21-14-6-2-7-15-21/h1-19,25-26H,(H,29,30)/t26-/m1/s1. The Morgan fingerprint density at radius 2 is 1.03 bits per heavy atom. The van der Waals surface area contributed by atoms with Crippen LogP contribution in [0.5, 0.6) is 0 Å². The number of nitrogens with one attached hydrogen (secondary N) is 1. The molecule has 0 unspecified atom stereocenters. The second-order valence-electron chi connectivity index (χ2n) is 7.16. The van der Waals surface area contributed by atoms with Crippen molar-refractivity contribution in [3.8, 4) is 0 Å². The molecule has 4 aromatic rings. The summed E-state index contributed by atoms with van der Waals surface area (Å²) >= 11 is 6.32. The molecule has 148 valence electrons. The van der Waals surface area contributed by atoms with E-state index >= 15 is 0 Å². The van der Waals surface area contributed by atoms with Gasteiger partial charge in [-0.25, -0.2) is 0 Å². The van der Waals surface area contributed by atoms with Crippen LogP contribution in [0.15, 0.2) is 115 Å². The Balaban J connectivity index is 1.83. The lowest BCUT2D eigenvalue weighted by Crippen LogP contribution is -2.27. The molecule has 0 aliphatic rings. The maximum Gasteiger partial charge on any atom is 0.232 e. The molecule has 0 saturated heterocycles. The van der Waals surface area contributed by atoms with E-state index in [0.29, 0.717) is 10.7 Å². The predicted molar refractivity (Wildman–Crippen MR) is 124 cm³/mol. The van der Waals surface area contributed by atoms with Crippen LogP contribution in [0.1, 0.15) is 28.5 Å². The maximum absolute atomic E-state index is 13.7. The minimum atomic E-state index is -0.424. The number of halogens is 1. The number of benzene rings is 4. The molecule has 0 aliphatic heterocycles. The van der Waals surface area contributed by atoms with E-state index in [0.717, 1.165) is 16.7 Å². The molecule has 0 aromatic heterocycles. The van der Waals surface area contributed by atoms with Crippen molar-refractivity contribution < 1.29 is 4.79 Å². The molecule has 0 saturated carbocycles. The van der Waals surface area contributed by atoms with Crippen molar-refractivity contribution in [3.63, 3.8) is 0 Å². The Morgan fingerprint density at radius 3 is 1.53 bits per heavy atom. The van der Waals surface area contributed by atoms with Crippen molar-refractivity contribution >= 4 is 23.2 Å². The van der Waals surface area contributed by atoms with Gasteiger partial charge >= 0.3 is 0 Å². The highest BCUT2D eigenvalue weighted by molar-refractivity contribution is 6.33. The summed E-state index contributed by atoms with van der Waals surface area (Å²) in [6.45, 7) is 0. The zero-order valence-corrected chi connectivity index (χ0v) is 17.2. The zero-order valence-electron chi connectivity index (χ0n) is 16.4. The predicted octanol–water partition coefficient (Wildman–Crippen LogP) is 6.89. The molecule has 2 nitrogen and oxygen atoms in total. The number of carbonyl (C=O) groups excluding carboxylic acids is 1. The molecule has 0 bridgehead atoms. The third-order valence-electron chi connectivity index (χ3n) is 5.22. The van der Waals surface area contributed by atoms with Crippen molar-refractivity contribution in [1.82, 2.24) is 0 Å². The normalized spacial score (nSPS) is 11.8. The van der Waals surface area contributed by atoms with E-state index in [1.54, 1.807) is 6.07 Å². The first kappa shape index (κ1) is 19.9. The lowest BCUT2D eigenvalue weighted by Gasteiger charge is -2.28. The largest absolute Gasteiger partial charge is 0.324 e. The molecular weight excluding hydrogens is 390 g/mol. The van der Waals surface area contributed by atoms with Crippen LogP contribution in [0, 0.1) is 0 Å². The van der Waals surface area contributed by atoms with Crippen LogP contribution in [-0.2, 0) is 4.79 Å².